The molecule has 0 saturated carbocycles. The summed E-state index contributed by atoms with van der Waals surface area (Å²) in [5, 5.41) is 5.14. The molecule has 1 atom stereocenters. The first-order valence-corrected chi connectivity index (χ1v) is 11.4. The van der Waals surface area contributed by atoms with E-state index in [0.29, 0.717) is 25.5 Å². The van der Waals surface area contributed by atoms with Gasteiger partial charge in [0.2, 0.25) is 0 Å². The van der Waals surface area contributed by atoms with E-state index < -0.39 is 0 Å². The molecule has 1 fully saturated rings. The van der Waals surface area contributed by atoms with Crippen LogP contribution < -0.4 is 5.32 Å². The van der Waals surface area contributed by atoms with Crippen LogP contribution in [0.4, 0.5) is 10.8 Å². The molecule has 32 heavy (non-hydrogen) atoms. The second-order valence-electron chi connectivity index (χ2n) is 7.99. The van der Waals surface area contributed by atoms with Gasteiger partial charge < -0.3 is 19.4 Å². The van der Waals surface area contributed by atoms with Crippen LogP contribution in [0.15, 0.2) is 47.0 Å². The number of anilines is 2. The highest BCUT2D eigenvalue weighted by Gasteiger charge is 2.30. The van der Waals surface area contributed by atoms with Crippen LogP contribution in [0.2, 0.25) is 0 Å². The number of carbonyl (C=O) groups excluding carboxylic acids is 1. The highest BCUT2D eigenvalue weighted by Crippen LogP contribution is 2.30. The maximum atomic E-state index is 13.3. The number of morpholine rings is 1. The lowest BCUT2D eigenvalue weighted by Crippen LogP contribution is -2.42. The molecule has 164 valence electrons. The second-order valence-corrected chi connectivity index (χ2v) is 9.22. The third-order valence-corrected chi connectivity index (χ3v) is 6.40. The number of thiazole rings is 1. The number of para-hydroxylation sites is 1. The summed E-state index contributed by atoms with van der Waals surface area (Å²) in [4.78, 5) is 25.3. The van der Waals surface area contributed by atoms with Gasteiger partial charge in [-0.1, -0.05) is 18.2 Å². The molecule has 4 aromatic rings. The Balaban J connectivity index is 1.37. The lowest BCUT2D eigenvalue weighted by molar-refractivity contribution is -0.0256. The average Bonchev–Trinajstić information content (AvgIpc) is 3.35. The number of hydrogen-bond donors (Lipinski definition) is 1. The van der Waals surface area contributed by atoms with Crippen molar-refractivity contribution >= 4 is 39.0 Å². The average molecular weight is 449 g/mol. The van der Waals surface area contributed by atoms with Gasteiger partial charge in [-0.2, -0.15) is 0 Å². The molecule has 7 nitrogen and oxygen atoms in total. The third-order valence-electron chi connectivity index (χ3n) is 5.57. The summed E-state index contributed by atoms with van der Waals surface area (Å²) in [5.41, 5.74) is 4.17. The molecule has 3 aromatic heterocycles. The van der Waals surface area contributed by atoms with Crippen molar-refractivity contribution in [1.82, 2.24) is 14.9 Å². The zero-order valence-corrected chi connectivity index (χ0v) is 19.0. The topological polar surface area (TPSA) is 80.5 Å². The maximum absolute atomic E-state index is 13.3. The van der Waals surface area contributed by atoms with Crippen molar-refractivity contribution in [3.8, 4) is 0 Å². The summed E-state index contributed by atoms with van der Waals surface area (Å²) in [6, 6.07) is 11.7. The quantitative estimate of drug-likeness (QED) is 0.464. The van der Waals surface area contributed by atoms with Crippen molar-refractivity contribution < 1.29 is 13.9 Å². The van der Waals surface area contributed by atoms with E-state index in [1.165, 1.54) is 0 Å². The fourth-order valence-corrected chi connectivity index (χ4v) is 4.69. The highest BCUT2D eigenvalue weighted by atomic mass is 32.1. The number of rotatable bonds is 4. The van der Waals surface area contributed by atoms with Gasteiger partial charge in [0.1, 0.15) is 11.7 Å². The summed E-state index contributed by atoms with van der Waals surface area (Å²) in [6.07, 6.45) is 1.53. The number of aromatic nitrogens is 2. The van der Waals surface area contributed by atoms with E-state index in [-0.39, 0.29) is 12.0 Å². The summed E-state index contributed by atoms with van der Waals surface area (Å²) < 4.78 is 11.9. The van der Waals surface area contributed by atoms with Gasteiger partial charge in [0.15, 0.2) is 10.9 Å². The number of nitrogens with one attached hydrogen (secondary N) is 1. The molecule has 5 rings (SSSR count). The molecule has 1 aliphatic heterocycles. The molecule has 0 bridgehead atoms. The van der Waals surface area contributed by atoms with E-state index in [0.717, 1.165) is 43.6 Å². The van der Waals surface area contributed by atoms with Crippen LogP contribution in [0.3, 0.4) is 0 Å². The van der Waals surface area contributed by atoms with Crippen LogP contribution in [-0.2, 0) is 4.74 Å². The summed E-state index contributed by atoms with van der Waals surface area (Å²) >= 11 is 1.60. The Bertz CT molecular complexity index is 1300. The molecule has 0 aliphatic carbocycles. The predicted molar refractivity (Wildman–Crippen MR) is 125 cm³/mol. The van der Waals surface area contributed by atoms with Crippen molar-refractivity contribution in [2.45, 2.75) is 26.9 Å². The zero-order valence-electron chi connectivity index (χ0n) is 18.2. The Morgan fingerprint density at radius 2 is 2.06 bits per heavy atom. The van der Waals surface area contributed by atoms with E-state index in [1.54, 1.807) is 16.2 Å². The molecule has 8 heteroatoms. The molecule has 1 unspecified atom stereocenters. The van der Waals surface area contributed by atoms with Crippen LogP contribution in [0.1, 0.15) is 38.5 Å². The molecule has 1 amide bonds. The minimum Gasteiger partial charge on any atom is -0.451 e. The number of ether oxygens (including phenoxy) is 1. The summed E-state index contributed by atoms with van der Waals surface area (Å²) in [6.45, 7) is 7.28. The number of pyridine rings is 1. The molecule has 1 N–H and O–H groups in total. The number of amides is 1. The van der Waals surface area contributed by atoms with Gasteiger partial charge in [-0.05, 0) is 39.0 Å². The van der Waals surface area contributed by atoms with E-state index in [4.69, 9.17) is 9.15 Å². The molecule has 0 radical (unpaired) electrons. The fraction of sp³-hybridized carbons (Fsp3) is 0.292. The van der Waals surface area contributed by atoms with Crippen molar-refractivity contribution in [1.29, 1.82) is 0 Å². The summed E-state index contributed by atoms with van der Waals surface area (Å²) in [5.74, 6) is 0.279. The highest BCUT2D eigenvalue weighted by molar-refractivity contribution is 7.15. The lowest BCUT2D eigenvalue weighted by Gasteiger charge is -2.32. The number of hydrogen-bond acceptors (Lipinski definition) is 7. The second kappa shape index (κ2) is 8.37. The van der Waals surface area contributed by atoms with E-state index in [9.17, 15) is 4.79 Å². The minimum atomic E-state index is -0.309. The number of nitrogens with zero attached hydrogens (tertiary/aromatic N) is 3. The van der Waals surface area contributed by atoms with E-state index >= 15 is 0 Å². The maximum Gasteiger partial charge on any atom is 0.290 e. The summed E-state index contributed by atoms with van der Waals surface area (Å²) in [7, 11) is 0. The number of furan rings is 1. The Kier molecular flexibility index (Phi) is 5.40. The van der Waals surface area contributed by atoms with E-state index in [1.807, 2.05) is 63.4 Å². The van der Waals surface area contributed by atoms with Crippen molar-refractivity contribution in [2.24, 2.45) is 0 Å². The first kappa shape index (κ1) is 20.7. The fourth-order valence-electron chi connectivity index (χ4n) is 4.00. The smallest absolute Gasteiger partial charge is 0.290 e. The number of carbonyl (C=O) groups is 1. The SMILES string of the molecule is Cc1cc(Nc2ncc(C)s2)cc(C2CN(C(=O)c3oc4ccccc4c3C)CCO2)n1. The molecular formula is C24H24N4O3S. The molecular weight excluding hydrogens is 424 g/mol. The van der Waals surface area contributed by atoms with Crippen molar-refractivity contribution in [3.05, 3.63) is 70.2 Å². The van der Waals surface area contributed by atoms with Gasteiger partial charge in [-0.3, -0.25) is 9.78 Å². The molecule has 1 saturated heterocycles. The minimum absolute atomic E-state index is 0.115. The number of benzene rings is 1. The van der Waals surface area contributed by atoms with Crippen LogP contribution in [0, 0.1) is 20.8 Å². The number of aryl methyl sites for hydroxylation is 3. The Morgan fingerprint density at radius 1 is 1.22 bits per heavy atom. The zero-order chi connectivity index (χ0) is 22.2. The van der Waals surface area contributed by atoms with Crippen molar-refractivity contribution in [2.75, 3.05) is 25.0 Å². The normalized spacial score (nSPS) is 16.5. The van der Waals surface area contributed by atoms with Crippen LogP contribution in [0.25, 0.3) is 11.0 Å². The predicted octanol–water partition coefficient (Wildman–Crippen LogP) is 5.17. The van der Waals surface area contributed by atoms with Gasteiger partial charge in [0, 0.05) is 39.9 Å². The first-order valence-electron chi connectivity index (χ1n) is 10.5. The molecule has 1 aromatic carbocycles. The van der Waals surface area contributed by atoms with Crippen molar-refractivity contribution in [3.63, 3.8) is 0 Å². The standard InChI is InChI=1S/C24H24N4O3S/c1-14-10-17(27-24-25-12-15(2)32-24)11-19(26-14)21-13-28(8-9-30-21)23(29)22-16(3)18-6-4-5-7-20(18)31-22/h4-7,10-12,21H,8-9,13H2,1-3H3,(H,25,26,27). The third kappa shape index (κ3) is 3.99. The molecule has 1 aliphatic rings. The number of fused-ring (bicyclic) bond motifs is 1. The van der Waals surface area contributed by atoms with Crippen LogP contribution >= 0.6 is 11.3 Å². The van der Waals surface area contributed by atoms with Gasteiger partial charge in [0.05, 0.1) is 18.8 Å². The van der Waals surface area contributed by atoms with Crippen LogP contribution in [-0.4, -0.2) is 40.5 Å². The monoisotopic (exact) mass is 448 g/mol. The first-order chi connectivity index (χ1) is 15.5. The van der Waals surface area contributed by atoms with Gasteiger partial charge in [-0.25, -0.2) is 4.98 Å². The Labute approximate surface area is 190 Å². The largest absolute Gasteiger partial charge is 0.451 e. The lowest BCUT2D eigenvalue weighted by atomic mass is 10.1. The molecule has 0 spiro atoms. The Hall–Kier alpha value is -3.23. The van der Waals surface area contributed by atoms with Gasteiger partial charge >= 0.3 is 0 Å². The van der Waals surface area contributed by atoms with E-state index in [2.05, 4.69) is 15.3 Å². The Morgan fingerprint density at radius 3 is 2.84 bits per heavy atom. The molecule has 4 heterocycles. The van der Waals surface area contributed by atoms with Crippen LogP contribution in [0.5, 0.6) is 0 Å². The van der Waals surface area contributed by atoms with Gasteiger partial charge in [0.25, 0.3) is 5.91 Å². The van der Waals surface area contributed by atoms with Gasteiger partial charge in [-0.15, -0.1) is 11.3 Å².